The molecule has 10 N–H and O–H groups in total. The van der Waals surface area contributed by atoms with E-state index in [1.807, 2.05) is 84.7 Å². The molecule has 88 heavy (non-hydrogen) atoms. The fourth-order valence-electron chi connectivity index (χ4n) is 9.33. The first-order valence-corrected chi connectivity index (χ1v) is 28.7. The number of nitrogens with one attached hydrogen (secondary N) is 6. The van der Waals surface area contributed by atoms with E-state index < -0.39 is 47.4 Å². The summed E-state index contributed by atoms with van der Waals surface area (Å²) in [5.41, 5.74) is 16.9. The molecule has 1 saturated carbocycles. The van der Waals surface area contributed by atoms with E-state index in [4.69, 9.17) is 30.4 Å². The van der Waals surface area contributed by atoms with Crippen LogP contribution >= 0.6 is 0 Å². The van der Waals surface area contributed by atoms with Crippen LogP contribution in [0.1, 0.15) is 72.2 Å². The van der Waals surface area contributed by atoms with Crippen molar-refractivity contribution in [2.45, 2.75) is 64.3 Å². The quantitative estimate of drug-likeness (QED) is 0.00481. The molecule has 2 atom stereocenters. The molecule has 16 nitrogen and oxygen atoms in total. The Bertz CT molecular complexity index is 3320. The third kappa shape index (κ3) is 21.6. The van der Waals surface area contributed by atoms with Crippen LogP contribution in [0.4, 0.5) is 49.1 Å². The molecule has 22 heteroatoms. The number of hydrogen-bond acceptors (Lipinski definition) is 14. The van der Waals surface area contributed by atoms with E-state index in [-0.39, 0.29) is 87.8 Å². The Hall–Kier alpha value is -8.67. The van der Waals surface area contributed by atoms with Crippen LogP contribution in [-0.4, -0.2) is 95.4 Å². The number of nitrogens with zero attached hydrogens (tertiary/aromatic N) is 1. The third-order valence-corrected chi connectivity index (χ3v) is 14.0. The molecular weight excluding hydrogens is 1140 g/mol. The molecule has 6 aromatic rings. The summed E-state index contributed by atoms with van der Waals surface area (Å²) in [5, 5.41) is 18.5. The van der Waals surface area contributed by atoms with Gasteiger partial charge in [-0.1, -0.05) is 97.1 Å². The Labute approximate surface area is 508 Å². The van der Waals surface area contributed by atoms with Gasteiger partial charge < -0.3 is 56.6 Å². The highest BCUT2D eigenvalue weighted by atomic mass is 19.4. The number of nitrogens with two attached hydrogens (primary N) is 2. The zero-order valence-electron chi connectivity index (χ0n) is 49.3. The molecule has 0 saturated heterocycles. The van der Waals surface area contributed by atoms with Crippen molar-refractivity contribution in [2.75, 3.05) is 94.8 Å². The minimum Gasteiger partial charge on any atom is -0.491 e. The number of allylic oxidation sites excluding steroid dienone is 3. The minimum absolute atomic E-state index is 0.0144. The van der Waals surface area contributed by atoms with E-state index in [0.717, 1.165) is 53.8 Å². The Morgan fingerprint density at radius 3 is 1.39 bits per heavy atom. The van der Waals surface area contributed by atoms with E-state index >= 15 is 0 Å². The number of likely N-dealkylation sites (N-methyl/N-ethyl adjacent to an activating group) is 1. The fourth-order valence-corrected chi connectivity index (χ4v) is 9.33. The maximum absolute atomic E-state index is 14.1. The average molecular weight is 1220 g/mol. The SMILES string of the molecule is C/C(Nc1cccc(C(F)(F)F)c1)=C(\C(=O)OCCOCc1ccccc1)C(NCC(=O)NCCN(C)CCNC(=O)CNC(/C(C(OCCOCc1ccccc1)=C1CC1)=C(/C)Nc1cccc(C(F)(F)F)c1)c1ccc(N)cc1)c1ccc(N)cc1. The average Bonchev–Trinajstić information content (AvgIpc) is 3.54. The number of ether oxygens (including phenoxy) is 4. The zero-order chi connectivity index (χ0) is 63.1. The summed E-state index contributed by atoms with van der Waals surface area (Å²) >= 11 is 0. The molecule has 0 heterocycles. The number of benzene rings is 6. The molecule has 2 amide bonds. The van der Waals surface area contributed by atoms with Gasteiger partial charge in [-0.2, -0.15) is 26.3 Å². The van der Waals surface area contributed by atoms with Crippen LogP contribution in [0.15, 0.2) is 192 Å². The second kappa shape index (κ2) is 32.9. The summed E-state index contributed by atoms with van der Waals surface area (Å²) in [4.78, 5) is 43.3. The lowest BCUT2D eigenvalue weighted by atomic mass is 9.94. The van der Waals surface area contributed by atoms with Crippen LogP contribution in [0.3, 0.4) is 0 Å². The third-order valence-electron chi connectivity index (χ3n) is 14.0. The number of hydrogen-bond donors (Lipinski definition) is 8. The van der Waals surface area contributed by atoms with Gasteiger partial charge in [0.1, 0.15) is 19.0 Å². The first-order valence-electron chi connectivity index (χ1n) is 28.7. The van der Waals surface area contributed by atoms with E-state index in [2.05, 4.69) is 31.9 Å². The lowest BCUT2D eigenvalue weighted by Gasteiger charge is -2.28. The number of nitrogen functional groups attached to an aromatic ring is 2. The molecule has 468 valence electrons. The van der Waals surface area contributed by atoms with Crippen molar-refractivity contribution < 1.29 is 59.7 Å². The largest absolute Gasteiger partial charge is 0.491 e. The Morgan fingerprint density at radius 2 is 0.955 bits per heavy atom. The normalized spacial score (nSPS) is 13.6. The Morgan fingerprint density at radius 1 is 0.534 bits per heavy atom. The lowest BCUT2D eigenvalue weighted by Crippen LogP contribution is -2.42. The number of halogens is 6. The van der Waals surface area contributed by atoms with Crippen molar-refractivity contribution >= 4 is 40.5 Å². The van der Waals surface area contributed by atoms with Crippen LogP contribution in [0.2, 0.25) is 0 Å². The maximum atomic E-state index is 14.1. The van der Waals surface area contributed by atoms with Gasteiger partial charge in [-0.25, -0.2) is 4.79 Å². The summed E-state index contributed by atoms with van der Waals surface area (Å²) in [6, 6.07) is 40.4. The van der Waals surface area contributed by atoms with Crippen molar-refractivity contribution in [1.29, 1.82) is 0 Å². The molecule has 6 aromatic carbocycles. The topological polar surface area (TPSA) is 216 Å². The number of amides is 2. The molecule has 0 radical (unpaired) electrons. The standard InChI is InChI=1S/C66H75F6N9O7/c1-44(79-55-18-10-16-51(38-55)65(67,68)69)59(63(50-20-21-50)87-36-34-85-42-46-12-6-4-7-13-46)61(48-22-26-53(73)27-23-48)77-40-57(82)75-30-32-81(3)33-31-76-58(83)41-78-62(49-24-28-54(74)29-25-49)60(45(2)80-56-19-11-17-52(39-56)66(70,71)72)64(84)88-37-35-86-43-47-14-8-5-9-15-47/h4-19,22-29,38-39,61-62,77-80H,20-21,30-37,40-43,73-74H2,1-3H3,(H,75,82)(H,76,83)/b59-44+,60-45+. The molecule has 0 aromatic heterocycles. The van der Waals surface area contributed by atoms with Gasteiger partial charge in [0, 0.05) is 65.9 Å². The van der Waals surface area contributed by atoms with Crippen LogP contribution in [0, 0.1) is 0 Å². The predicted molar refractivity (Wildman–Crippen MR) is 328 cm³/mol. The Balaban J connectivity index is 0.975. The van der Waals surface area contributed by atoms with Gasteiger partial charge in [0.05, 0.1) is 68.3 Å². The van der Waals surface area contributed by atoms with Crippen LogP contribution in [-0.2, 0) is 58.9 Å². The highest BCUT2D eigenvalue weighted by molar-refractivity contribution is 5.92. The van der Waals surface area contributed by atoms with E-state index in [0.29, 0.717) is 59.2 Å². The molecule has 2 unspecified atom stereocenters. The van der Waals surface area contributed by atoms with Gasteiger partial charge in [0.15, 0.2) is 0 Å². The summed E-state index contributed by atoms with van der Waals surface area (Å²) in [7, 11) is 1.82. The van der Waals surface area contributed by atoms with Gasteiger partial charge in [0.25, 0.3) is 0 Å². The van der Waals surface area contributed by atoms with Gasteiger partial charge in [-0.15, -0.1) is 0 Å². The summed E-state index contributed by atoms with van der Waals surface area (Å²) < 4.78 is 107. The van der Waals surface area contributed by atoms with E-state index in [9.17, 15) is 40.7 Å². The molecule has 0 aliphatic heterocycles. The van der Waals surface area contributed by atoms with Crippen molar-refractivity contribution in [1.82, 2.24) is 26.2 Å². The molecule has 1 fully saturated rings. The monoisotopic (exact) mass is 1220 g/mol. The number of rotatable bonds is 33. The minimum atomic E-state index is -4.63. The van der Waals surface area contributed by atoms with E-state index in [1.54, 1.807) is 49.4 Å². The number of esters is 1. The van der Waals surface area contributed by atoms with Gasteiger partial charge in [-0.05, 0) is 122 Å². The zero-order valence-corrected chi connectivity index (χ0v) is 49.3. The van der Waals surface area contributed by atoms with Gasteiger partial charge in [-0.3, -0.25) is 20.2 Å². The first-order chi connectivity index (χ1) is 42.2. The summed E-state index contributed by atoms with van der Waals surface area (Å²) in [6.45, 7) is 4.88. The van der Waals surface area contributed by atoms with Crippen LogP contribution in [0.5, 0.6) is 0 Å². The van der Waals surface area contributed by atoms with Crippen LogP contribution < -0.4 is 43.4 Å². The maximum Gasteiger partial charge on any atom is 0.416 e. The van der Waals surface area contributed by atoms with Crippen LogP contribution in [0.25, 0.3) is 0 Å². The van der Waals surface area contributed by atoms with Crippen molar-refractivity contribution in [3.63, 3.8) is 0 Å². The lowest BCUT2D eigenvalue weighted by molar-refractivity contribution is -0.141. The highest BCUT2D eigenvalue weighted by Gasteiger charge is 2.34. The highest BCUT2D eigenvalue weighted by Crippen LogP contribution is 2.42. The smallest absolute Gasteiger partial charge is 0.416 e. The first kappa shape index (κ1) is 66.8. The van der Waals surface area contributed by atoms with Gasteiger partial charge in [0.2, 0.25) is 11.8 Å². The second-order valence-corrected chi connectivity index (χ2v) is 20.9. The summed E-state index contributed by atoms with van der Waals surface area (Å²) in [6.07, 6.45) is -7.75. The van der Waals surface area contributed by atoms with Crippen molar-refractivity contribution in [2.24, 2.45) is 0 Å². The molecule has 0 spiro atoms. The molecular formula is C66H75F6N9O7. The predicted octanol–water partition coefficient (Wildman–Crippen LogP) is 10.8. The van der Waals surface area contributed by atoms with E-state index in [1.165, 1.54) is 25.1 Å². The number of carbonyl (C=O) groups excluding carboxylic acids is 3. The van der Waals surface area contributed by atoms with Gasteiger partial charge >= 0.3 is 18.3 Å². The molecule has 1 aliphatic carbocycles. The second-order valence-electron chi connectivity index (χ2n) is 20.9. The Kier molecular flexibility index (Phi) is 25.0. The number of anilines is 4. The fraction of sp³-hybridized carbons (Fsp3) is 0.318. The molecule has 1 aliphatic rings. The van der Waals surface area contributed by atoms with Crippen molar-refractivity contribution in [3.05, 3.63) is 225 Å². The summed E-state index contributed by atoms with van der Waals surface area (Å²) in [5.74, 6) is -1.06. The number of alkyl halides is 6. The molecule has 7 rings (SSSR count). The number of carbonyl (C=O) groups is 3. The molecule has 0 bridgehead atoms. The van der Waals surface area contributed by atoms with Crippen molar-refractivity contribution in [3.8, 4) is 0 Å².